The molecule has 0 aliphatic carbocycles. The summed E-state index contributed by atoms with van der Waals surface area (Å²) in [7, 11) is 1.56. The van der Waals surface area contributed by atoms with Crippen molar-refractivity contribution in [3.8, 4) is 5.75 Å². The number of carboxylic acids is 1. The molecule has 1 atom stereocenters. The van der Waals surface area contributed by atoms with Crippen LogP contribution >= 0.6 is 11.6 Å². The minimum atomic E-state index is -0.951. The standard InChI is InChI=1S/C20H23ClN2O4/c1-3-27-17-9-7-14(8-10-17)19(15-5-4-6-16(21)13-15)22-20(26)23(2)12-11-18(24)25/h4-10,13,19H,3,11-12H2,1-2H3,(H,22,26)(H,24,25). The van der Waals surface area contributed by atoms with E-state index >= 15 is 0 Å². The van der Waals surface area contributed by atoms with Crippen LogP contribution in [0, 0.1) is 0 Å². The molecule has 0 aliphatic rings. The number of halogens is 1. The summed E-state index contributed by atoms with van der Waals surface area (Å²) in [6.45, 7) is 2.60. The summed E-state index contributed by atoms with van der Waals surface area (Å²) in [5.41, 5.74) is 1.69. The molecule has 2 rings (SSSR count). The van der Waals surface area contributed by atoms with Gasteiger partial charge < -0.3 is 20.1 Å². The van der Waals surface area contributed by atoms with Crippen molar-refractivity contribution in [2.45, 2.75) is 19.4 Å². The molecule has 2 aromatic rings. The van der Waals surface area contributed by atoms with E-state index in [1.165, 1.54) is 4.90 Å². The van der Waals surface area contributed by atoms with E-state index < -0.39 is 12.0 Å². The van der Waals surface area contributed by atoms with Crippen molar-refractivity contribution in [3.05, 3.63) is 64.7 Å². The second-order valence-electron chi connectivity index (χ2n) is 6.00. The van der Waals surface area contributed by atoms with E-state index in [1.807, 2.05) is 43.3 Å². The van der Waals surface area contributed by atoms with Gasteiger partial charge in [0.2, 0.25) is 0 Å². The van der Waals surface area contributed by atoms with Crippen molar-refractivity contribution in [2.75, 3.05) is 20.2 Å². The predicted octanol–water partition coefficient (Wildman–Crippen LogP) is 3.94. The molecule has 0 aliphatic heterocycles. The Hall–Kier alpha value is -2.73. The number of hydrogen-bond donors (Lipinski definition) is 2. The van der Waals surface area contributed by atoms with Gasteiger partial charge in [0.05, 0.1) is 19.1 Å². The van der Waals surface area contributed by atoms with Crippen molar-refractivity contribution in [1.29, 1.82) is 0 Å². The van der Waals surface area contributed by atoms with Crippen molar-refractivity contribution in [3.63, 3.8) is 0 Å². The molecule has 0 saturated carbocycles. The number of amides is 2. The molecule has 2 aromatic carbocycles. The van der Waals surface area contributed by atoms with Crippen LogP contribution in [0.3, 0.4) is 0 Å². The lowest BCUT2D eigenvalue weighted by Gasteiger charge is -2.24. The number of benzene rings is 2. The molecule has 1 unspecified atom stereocenters. The van der Waals surface area contributed by atoms with Gasteiger partial charge in [-0.1, -0.05) is 35.9 Å². The van der Waals surface area contributed by atoms with Crippen LogP contribution in [-0.2, 0) is 4.79 Å². The van der Waals surface area contributed by atoms with Crippen LogP contribution in [0.1, 0.15) is 30.5 Å². The average molecular weight is 391 g/mol. The Labute approximate surface area is 163 Å². The van der Waals surface area contributed by atoms with Gasteiger partial charge in [-0.25, -0.2) is 4.79 Å². The Morgan fingerprint density at radius 1 is 1.19 bits per heavy atom. The van der Waals surface area contributed by atoms with E-state index in [9.17, 15) is 9.59 Å². The highest BCUT2D eigenvalue weighted by molar-refractivity contribution is 6.30. The maximum Gasteiger partial charge on any atom is 0.317 e. The number of carbonyl (C=O) groups is 2. The fourth-order valence-electron chi connectivity index (χ4n) is 2.57. The third-order valence-electron chi connectivity index (χ3n) is 3.98. The molecule has 144 valence electrons. The molecule has 2 N–H and O–H groups in total. The minimum absolute atomic E-state index is 0.116. The largest absolute Gasteiger partial charge is 0.494 e. The third-order valence-corrected chi connectivity index (χ3v) is 4.22. The molecule has 27 heavy (non-hydrogen) atoms. The molecule has 6 nitrogen and oxygen atoms in total. The number of urea groups is 1. The van der Waals surface area contributed by atoms with Crippen molar-refractivity contribution < 1.29 is 19.4 Å². The molecular weight excluding hydrogens is 368 g/mol. The third kappa shape index (κ3) is 6.18. The number of carbonyl (C=O) groups excluding carboxylic acids is 1. The number of aliphatic carboxylic acids is 1. The van der Waals surface area contributed by atoms with Gasteiger partial charge in [-0.15, -0.1) is 0 Å². The molecule has 2 amide bonds. The van der Waals surface area contributed by atoms with E-state index in [1.54, 1.807) is 19.2 Å². The van der Waals surface area contributed by atoms with Gasteiger partial charge in [0.15, 0.2) is 0 Å². The van der Waals surface area contributed by atoms with Gasteiger partial charge in [0.25, 0.3) is 0 Å². The number of ether oxygens (including phenoxy) is 1. The van der Waals surface area contributed by atoms with Crippen LogP contribution in [0.2, 0.25) is 5.02 Å². The zero-order valence-corrected chi connectivity index (χ0v) is 16.1. The molecular formula is C20H23ClN2O4. The highest BCUT2D eigenvalue weighted by atomic mass is 35.5. The van der Waals surface area contributed by atoms with Crippen LogP contribution in [0.15, 0.2) is 48.5 Å². The normalized spacial score (nSPS) is 11.5. The number of nitrogens with zero attached hydrogens (tertiary/aromatic N) is 1. The maximum absolute atomic E-state index is 12.5. The van der Waals surface area contributed by atoms with E-state index in [0.29, 0.717) is 11.6 Å². The van der Waals surface area contributed by atoms with E-state index in [4.69, 9.17) is 21.4 Å². The molecule has 0 aromatic heterocycles. The highest BCUT2D eigenvalue weighted by Crippen LogP contribution is 2.26. The maximum atomic E-state index is 12.5. The van der Waals surface area contributed by atoms with Crippen LogP contribution in [-0.4, -0.2) is 42.2 Å². The second-order valence-corrected chi connectivity index (χ2v) is 6.44. The van der Waals surface area contributed by atoms with Gasteiger partial charge in [0, 0.05) is 18.6 Å². The monoisotopic (exact) mass is 390 g/mol. The first-order valence-corrected chi connectivity index (χ1v) is 9.00. The first-order chi connectivity index (χ1) is 12.9. The van der Waals surface area contributed by atoms with Gasteiger partial charge in [-0.3, -0.25) is 4.79 Å². The average Bonchev–Trinajstić information content (AvgIpc) is 2.65. The molecule has 0 heterocycles. The Balaban J connectivity index is 2.24. The molecule has 0 saturated heterocycles. The molecule has 0 spiro atoms. The van der Waals surface area contributed by atoms with Crippen LogP contribution in [0.4, 0.5) is 4.79 Å². The summed E-state index contributed by atoms with van der Waals surface area (Å²) in [4.78, 5) is 24.6. The van der Waals surface area contributed by atoms with E-state index in [0.717, 1.165) is 16.9 Å². The smallest absolute Gasteiger partial charge is 0.317 e. The fourth-order valence-corrected chi connectivity index (χ4v) is 2.77. The molecule has 7 heteroatoms. The van der Waals surface area contributed by atoms with E-state index in [2.05, 4.69) is 5.32 Å². The quantitative estimate of drug-likeness (QED) is 0.715. The van der Waals surface area contributed by atoms with Crippen molar-refractivity contribution >= 4 is 23.6 Å². The van der Waals surface area contributed by atoms with Crippen LogP contribution < -0.4 is 10.1 Å². The van der Waals surface area contributed by atoms with Crippen LogP contribution in [0.25, 0.3) is 0 Å². The molecule has 0 fully saturated rings. The van der Waals surface area contributed by atoms with Crippen LogP contribution in [0.5, 0.6) is 5.75 Å². The Morgan fingerprint density at radius 2 is 1.89 bits per heavy atom. The molecule has 0 radical (unpaired) electrons. The molecule has 0 bridgehead atoms. The number of nitrogens with one attached hydrogen (secondary N) is 1. The van der Waals surface area contributed by atoms with Crippen molar-refractivity contribution in [2.24, 2.45) is 0 Å². The number of rotatable bonds is 8. The fraction of sp³-hybridized carbons (Fsp3) is 0.300. The Bertz CT molecular complexity index is 780. The lowest BCUT2D eigenvalue weighted by atomic mass is 9.98. The second kappa shape index (κ2) is 9.83. The SMILES string of the molecule is CCOc1ccc(C(NC(=O)N(C)CCC(=O)O)c2cccc(Cl)c2)cc1. The first-order valence-electron chi connectivity index (χ1n) is 8.62. The van der Waals surface area contributed by atoms with Gasteiger partial charge in [-0.2, -0.15) is 0 Å². The first kappa shape index (κ1) is 20.6. The predicted molar refractivity (Wildman–Crippen MR) is 104 cm³/mol. The summed E-state index contributed by atoms with van der Waals surface area (Å²) >= 11 is 6.12. The lowest BCUT2D eigenvalue weighted by Crippen LogP contribution is -2.40. The number of hydrogen-bond acceptors (Lipinski definition) is 3. The highest BCUT2D eigenvalue weighted by Gasteiger charge is 2.20. The topological polar surface area (TPSA) is 78.9 Å². The summed E-state index contributed by atoms with van der Waals surface area (Å²) in [6, 6.07) is 13.9. The van der Waals surface area contributed by atoms with Gasteiger partial charge in [-0.05, 0) is 42.3 Å². The summed E-state index contributed by atoms with van der Waals surface area (Å²) in [5, 5.41) is 12.3. The summed E-state index contributed by atoms with van der Waals surface area (Å²) in [6.07, 6.45) is -0.116. The summed E-state index contributed by atoms with van der Waals surface area (Å²) < 4.78 is 5.47. The Morgan fingerprint density at radius 3 is 2.48 bits per heavy atom. The van der Waals surface area contributed by atoms with Crippen molar-refractivity contribution in [1.82, 2.24) is 10.2 Å². The zero-order valence-electron chi connectivity index (χ0n) is 15.3. The number of carboxylic acid groups (broad SMARTS) is 1. The summed E-state index contributed by atoms with van der Waals surface area (Å²) in [5.74, 6) is -0.205. The lowest BCUT2D eigenvalue weighted by molar-refractivity contribution is -0.137. The minimum Gasteiger partial charge on any atom is -0.494 e. The zero-order chi connectivity index (χ0) is 19.8. The van der Waals surface area contributed by atoms with Gasteiger partial charge >= 0.3 is 12.0 Å². The Kier molecular flexibility index (Phi) is 7.49. The van der Waals surface area contributed by atoms with Gasteiger partial charge in [0.1, 0.15) is 5.75 Å². The van der Waals surface area contributed by atoms with E-state index in [-0.39, 0.29) is 19.0 Å².